The second kappa shape index (κ2) is 5.53. The predicted octanol–water partition coefficient (Wildman–Crippen LogP) is 1.49. The Morgan fingerprint density at radius 2 is 2.06 bits per heavy atom. The van der Waals surface area contributed by atoms with Gasteiger partial charge < -0.3 is 15.7 Å². The molecule has 4 nitrogen and oxygen atoms in total. The summed E-state index contributed by atoms with van der Waals surface area (Å²) in [5.74, 6) is 0.681. The van der Waals surface area contributed by atoms with Crippen LogP contribution in [-0.4, -0.2) is 30.3 Å². The van der Waals surface area contributed by atoms with Gasteiger partial charge >= 0.3 is 6.03 Å². The number of hydrogen-bond donors (Lipinski definition) is 3. The first-order chi connectivity index (χ1) is 7.40. The highest BCUT2D eigenvalue weighted by molar-refractivity contribution is 5.74. The second-order valence-electron chi connectivity index (χ2n) is 5.94. The zero-order valence-corrected chi connectivity index (χ0v) is 10.5. The minimum Gasteiger partial charge on any atom is -0.394 e. The summed E-state index contributed by atoms with van der Waals surface area (Å²) < 4.78 is 0. The highest BCUT2D eigenvalue weighted by Crippen LogP contribution is 2.27. The number of urea groups is 1. The van der Waals surface area contributed by atoms with Crippen LogP contribution in [0.5, 0.6) is 0 Å². The molecule has 0 radical (unpaired) electrons. The molecule has 1 rings (SSSR count). The zero-order chi connectivity index (χ0) is 12.2. The lowest BCUT2D eigenvalue weighted by atomic mass is 9.88. The van der Waals surface area contributed by atoms with E-state index < -0.39 is 0 Å². The first-order valence-corrected chi connectivity index (χ1v) is 6.06. The molecular weight excluding hydrogens is 204 g/mol. The van der Waals surface area contributed by atoms with E-state index in [1.54, 1.807) is 0 Å². The van der Waals surface area contributed by atoms with Crippen LogP contribution in [0.4, 0.5) is 4.79 Å². The zero-order valence-electron chi connectivity index (χ0n) is 10.5. The predicted molar refractivity (Wildman–Crippen MR) is 64.2 cm³/mol. The van der Waals surface area contributed by atoms with E-state index in [-0.39, 0.29) is 24.1 Å². The van der Waals surface area contributed by atoms with Crippen LogP contribution in [0.3, 0.4) is 0 Å². The van der Waals surface area contributed by atoms with Crippen LogP contribution < -0.4 is 10.6 Å². The topological polar surface area (TPSA) is 61.4 Å². The molecule has 1 aliphatic rings. The van der Waals surface area contributed by atoms with Gasteiger partial charge in [0.25, 0.3) is 0 Å². The van der Waals surface area contributed by atoms with Crippen LogP contribution in [0, 0.1) is 11.3 Å². The van der Waals surface area contributed by atoms with Gasteiger partial charge in [0.2, 0.25) is 0 Å². The molecule has 0 aliphatic heterocycles. The second-order valence-corrected chi connectivity index (χ2v) is 5.94. The van der Waals surface area contributed by atoms with Gasteiger partial charge in [-0.2, -0.15) is 0 Å². The van der Waals surface area contributed by atoms with Crippen molar-refractivity contribution in [3.63, 3.8) is 0 Å². The molecule has 16 heavy (non-hydrogen) atoms. The van der Waals surface area contributed by atoms with E-state index in [0.29, 0.717) is 5.92 Å². The number of nitrogens with one attached hydrogen (secondary N) is 2. The van der Waals surface area contributed by atoms with Crippen molar-refractivity contribution in [2.75, 3.05) is 13.2 Å². The maximum atomic E-state index is 11.5. The van der Waals surface area contributed by atoms with E-state index in [9.17, 15) is 9.90 Å². The summed E-state index contributed by atoms with van der Waals surface area (Å²) in [7, 11) is 0. The summed E-state index contributed by atoms with van der Waals surface area (Å²) in [5, 5.41) is 14.8. The standard InChI is InChI=1S/C12H24N2O2/c1-12(2,3)6-10(8-15)14-11(16)13-7-9-4-5-9/h9-10,15H,4-8H2,1-3H3,(H2,13,14,16). The van der Waals surface area contributed by atoms with Crippen molar-refractivity contribution in [2.24, 2.45) is 11.3 Å². The van der Waals surface area contributed by atoms with Crippen molar-refractivity contribution in [2.45, 2.75) is 46.1 Å². The highest BCUT2D eigenvalue weighted by atomic mass is 16.3. The van der Waals surface area contributed by atoms with Crippen LogP contribution >= 0.6 is 0 Å². The quantitative estimate of drug-likeness (QED) is 0.667. The van der Waals surface area contributed by atoms with E-state index in [4.69, 9.17) is 0 Å². The number of rotatable bonds is 5. The average molecular weight is 228 g/mol. The third kappa shape index (κ3) is 5.95. The van der Waals surface area contributed by atoms with E-state index in [0.717, 1.165) is 13.0 Å². The van der Waals surface area contributed by atoms with Crippen LogP contribution in [0.1, 0.15) is 40.0 Å². The Bertz CT molecular complexity index is 232. The van der Waals surface area contributed by atoms with Crippen LogP contribution in [0.25, 0.3) is 0 Å². The molecule has 0 bridgehead atoms. The summed E-state index contributed by atoms with van der Waals surface area (Å²) in [6, 6.07) is -0.311. The van der Waals surface area contributed by atoms with Gasteiger partial charge in [0, 0.05) is 6.54 Å². The van der Waals surface area contributed by atoms with E-state index in [2.05, 4.69) is 31.4 Å². The Kier molecular flexibility index (Phi) is 4.59. The first-order valence-electron chi connectivity index (χ1n) is 6.06. The van der Waals surface area contributed by atoms with Gasteiger partial charge in [0.1, 0.15) is 0 Å². The maximum absolute atomic E-state index is 11.5. The molecule has 4 heteroatoms. The number of carbonyl (C=O) groups is 1. The van der Waals surface area contributed by atoms with Gasteiger partial charge in [-0.25, -0.2) is 4.79 Å². The normalized spacial score (nSPS) is 18.0. The molecule has 2 amide bonds. The lowest BCUT2D eigenvalue weighted by molar-refractivity contribution is 0.191. The summed E-state index contributed by atoms with van der Waals surface area (Å²) in [6.07, 6.45) is 3.23. The number of aliphatic hydroxyl groups is 1. The SMILES string of the molecule is CC(C)(C)CC(CO)NC(=O)NCC1CC1. The molecule has 1 saturated carbocycles. The molecule has 1 atom stereocenters. The van der Waals surface area contributed by atoms with Gasteiger partial charge in [-0.05, 0) is 30.6 Å². The Labute approximate surface area is 97.8 Å². The molecule has 0 aromatic heterocycles. The van der Waals surface area contributed by atoms with Gasteiger partial charge in [0.15, 0.2) is 0 Å². The van der Waals surface area contributed by atoms with Crippen molar-refractivity contribution >= 4 is 6.03 Å². The Hall–Kier alpha value is -0.770. The smallest absolute Gasteiger partial charge is 0.315 e. The van der Waals surface area contributed by atoms with Gasteiger partial charge in [-0.3, -0.25) is 0 Å². The monoisotopic (exact) mass is 228 g/mol. The van der Waals surface area contributed by atoms with Crippen molar-refractivity contribution in [1.82, 2.24) is 10.6 Å². The third-order valence-electron chi connectivity index (χ3n) is 2.66. The number of aliphatic hydroxyl groups excluding tert-OH is 1. The van der Waals surface area contributed by atoms with Gasteiger partial charge in [0.05, 0.1) is 12.6 Å². The number of amides is 2. The molecule has 1 fully saturated rings. The first kappa shape index (κ1) is 13.3. The molecule has 0 aromatic carbocycles. The summed E-state index contributed by atoms with van der Waals surface area (Å²) in [6.45, 7) is 7.05. The minimum atomic E-state index is -0.157. The molecule has 3 N–H and O–H groups in total. The van der Waals surface area contributed by atoms with E-state index in [1.165, 1.54) is 12.8 Å². The lowest BCUT2D eigenvalue weighted by Gasteiger charge is -2.25. The average Bonchev–Trinajstić information content (AvgIpc) is 2.95. The molecule has 1 aliphatic carbocycles. The van der Waals surface area contributed by atoms with Crippen molar-refractivity contribution in [1.29, 1.82) is 0 Å². The van der Waals surface area contributed by atoms with E-state index >= 15 is 0 Å². The number of carbonyl (C=O) groups excluding carboxylic acids is 1. The lowest BCUT2D eigenvalue weighted by Crippen LogP contribution is -2.45. The maximum Gasteiger partial charge on any atom is 0.315 e. The molecular formula is C12H24N2O2. The Morgan fingerprint density at radius 1 is 1.44 bits per heavy atom. The summed E-state index contributed by atoms with van der Waals surface area (Å²) in [5.41, 5.74) is 0.108. The molecule has 94 valence electrons. The van der Waals surface area contributed by atoms with Crippen LogP contribution in [-0.2, 0) is 0 Å². The summed E-state index contributed by atoms with van der Waals surface area (Å²) >= 11 is 0. The van der Waals surface area contributed by atoms with Gasteiger partial charge in [-0.1, -0.05) is 20.8 Å². The van der Waals surface area contributed by atoms with Crippen LogP contribution in [0.15, 0.2) is 0 Å². The highest BCUT2D eigenvalue weighted by Gasteiger charge is 2.23. The number of hydrogen-bond acceptors (Lipinski definition) is 2. The molecule has 0 spiro atoms. The molecule has 0 heterocycles. The van der Waals surface area contributed by atoms with Crippen molar-refractivity contribution in [3.8, 4) is 0 Å². The Morgan fingerprint density at radius 3 is 2.50 bits per heavy atom. The van der Waals surface area contributed by atoms with Crippen molar-refractivity contribution in [3.05, 3.63) is 0 Å². The fraction of sp³-hybridized carbons (Fsp3) is 0.917. The van der Waals surface area contributed by atoms with Crippen LogP contribution in [0.2, 0.25) is 0 Å². The third-order valence-corrected chi connectivity index (χ3v) is 2.66. The summed E-state index contributed by atoms with van der Waals surface area (Å²) in [4.78, 5) is 11.5. The fourth-order valence-electron chi connectivity index (χ4n) is 1.70. The van der Waals surface area contributed by atoms with Gasteiger partial charge in [-0.15, -0.1) is 0 Å². The van der Waals surface area contributed by atoms with E-state index in [1.807, 2.05) is 0 Å². The minimum absolute atomic E-state index is 0.00583. The molecule has 0 aromatic rings. The van der Waals surface area contributed by atoms with Crippen molar-refractivity contribution < 1.29 is 9.90 Å². The fourth-order valence-corrected chi connectivity index (χ4v) is 1.70. The largest absolute Gasteiger partial charge is 0.394 e. The molecule has 0 saturated heterocycles. The Balaban J connectivity index is 2.22. The molecule has 1 unspecified atom stereocenters.